The van der Waals surface area contributed by atoms with Crippen molar-refractivity contribution in [1.82, 2.24) is 10.2 Å². The van der Waals surface area contributed by atoms with Crippen molar-refractivity contribution in [2.24, 2.45) is 0 Å². The van der Waals surface area contributed by atoms with Gasteiger partial charge in [-0.15, -0.1) is 24.8 Å². The van der Waals surface area contributed by atoms with Crippen LogP contribution in [0, 0.1) is 0 Å². The SMILES string of the molecule is CN[C@@H]1CCN(C(CC2(O)CCCCC2)c2ccc(OCc3ccccc3)cc2)C1.Cl.Cl. The van der Waals surface area contributed by atoms with Crippen LogP contribution < -0.4 is 10.1 Å². The first-order valence-electron chi connectivity index (χ1n) is 11.6. The fourth-order valence-electron chi connectivity index (χ4n) is 5.06. The van der Waals surface area contributed by atoms with E-state index in [2.05, 4.69) is 53.7 Å². The molecule has 1 unspecified atom stereocenters. The summed E-state index contributed by atoms with van der Waals surface area (Å²) in [5.74, 6) is 0.896. The Morgan fingerprint density at radius 1 is 1.03 bits per heavy atom. The second kappa shape index (κ2) is 12.8. The Balaban J connectivity index is 0.00000181. The van der Waals surface area contributed by atoms with Crippen molar-refractivity contribution in [3.05, 3.63) is 65.7 Å². The fraction of sp³-hybridized carbons (Fsp3) is 0.538. The lowest BCUT2D eigenvalue weighted by Gasteiger charge is -2.38. The van der Waals surface area contributed by atoms with Gasteiger partial charge in [-0.1, -0.05) is 61.7 Å². The highest BCUT2D eigenvalue weighted by molar-refractivity contribution is 5.85. The Morgan fingerprint density at radius 2 is 1.72 bits per heavy atom. The van der Waals surface area contributed by atoms with Crippen molar-refractivity contribution in [2.75, 3.05) is 20.1 Å². The van der Waals surface area contributed by atoms with E-state index in [1.807, 2.05) is 18.2 Å². The molecule has 4 nitrogen and oxygen atoms in total. The normalized spacial score (nSPS) is 21.2. The molecule has 6 heteroatoms. The Kier molecular flexibility index (Phi) is 10.8. The standard InChI is InChI=1S/C26H36N2O2.2ClH/c1-27-23-14-17-28(19-23)25(18-26(29)15-6-3-7-16-26)22-10-12-24(13-11-22)30-20-21-8-4-2-5-9-21;;/h2,4-5,8-13,23,25,27,29H,3,6-7,14-20H2,1H3;2*1H/t23-,25?;;/m1../s1. The van der Waals surface area contributed by atoms with Gasteiger partial charge in [0.2, 0.25) is 0 Å². The first-order chi connectivity index (χ1) is 14.6. The summed E-state index contributed by atoms with van der Waals surface area (Å²) >= 11 is 0. The van der Waals surface area contributed by atoms with Crippen LogP contribution in [0.4, 0.5) is 0 Å². The van der Waals surface area contributed by atoms with Gasteiger partial charge in [0.15, 0.2) is 0 Å². The molecule has 0 amide bonds. The van der Waals surface area contributed by atoms with Crippen LogP contribution in [0.15, 0.2) is 54.6 Å². The predicted molar refractivity (Wildman–Crippen MR) is 136 cm³/mol. The van der Waals surface area contributed by atoms with Gasteiger partial charge < -0.3 is 15.2 Å². The highest BCUT2D eigenvalue weighted by Crippen LogP contribution is 2.39. The van der Waals surface area contributed by atoms with Crippen molar-refractivity contribution >= 4 is 24.8 Å². The summed E-state index contributed by atoms with van der Waals surface area (Å²) in [6, 6.07) is 19.6. The van der Waals surface area contributed by atoms with Crippen LogP contribution >= 0.6 is 24.8 Å². The summed E-state index contributed by atoms with van der Waals surface area (Å²) < 4.78 is 5.98. The van der Waals surface area contributed by atoms with Gasteiger partial charge in [0.1, 0.15) is 12.4 Å². The van der Waals surface area contributed by atoms with Crippen LogP contribution in [0.25, 0.3) is 0 Å². The Bertz CT molecular complexity index is 782. The number of nitrogens with one attached hydrogen (secondary N) is 1. The summed E-state index contributed by atoms with van der Waals surface area (Å²) in [7, 11) is 2.05. The van der Waals surface area contributed by atoms with Crippen molar-refractivity contribution in [1.29, 1.82) is 0 Å². The van der Waals surface area contributed by atoms with Gasteiger partial charge in [0.25, 0.3) is 0 Å². The number of ether oxygens (including phenoxy) is 1. The zero-order valence-corrected chi connectivity index (χ0v) is 20.7. The average molecular weight is 482 g/mol. The Labute approximate surface area is 205 Å². The molecule has 0 bridgehead atoms. The quantitative estimate of drug-likeness (QED) is 0.521. The van der Waals surface area contributed by atoms with Gasteiger partial charge >= 0.3 is 0 Å². The van der Waals surface area contributed by atoms with Gasteiger partial charge in [-0.25, -0.2) is 0 Å². The van der Waals surface area contributed by atoms with E-state index in [1.54, 1.807) is 0 Å². The minimum Gasteiger partial charge on any atom is -0.489 e. The van der Waals surface area contributed by atoms with Crippen molar-refractivity contribution in [3.63, 3.8) is 0 Å². The summed E-state index contributed by atoms with van der Waals surface area (Å²) in [5, 5.41) is 14.7. The van der Waals surface area contributed by atoms with E-state index in [-0.39, 0.29) is 30.9 Å². The lowest BCUT2D eigenvalue weighted by molar-refractivity contribution is -0.0257. The Hall–Kier alpha value is -1.30. The lowest BCUT2D eigenvalue weighted by atomic mass is 9.79. The number of rotatable bonds is 8. The first-order valence-corrected chi connectivity index (χ1v) is 11.6. The molecule has 2 aromatic rings. The van der Waals surface area contributed by atoms with Crippen molar-refractivity contribution in [2.45, 2.75) is 69.2 Å². The number of hydrogen-bond acceptors (Lipinski definition) is 4. The monoisotopic (exact) mass is 480 g/mol. The molecule has 1 aliphatic heterocycles. The maximum absolute atomic E-state index is 11.3. The third-order valence-corrected chi connectivity index (χ3v) is 6.94. The lowest BCUT2D eigenvalue weighted by Crippen LogP contribution is -2.39. The molecule has 2 aromatic carbocycles. The molecule has 1 heterocycles. The molecule has 4 rings (SSSR count). The summed E-state index contributed by atoms with van der Waals surface area (Å²) in [6.45, 7) is 2.71. The van der Waals surface area contributed by atoms with Gasteiger partial charge in [-0.2, -0.15) is 0 Å². The van der Waals surface area contributed by atoms with Gasteiger partial charge in [0.05, 0.1) is 5.60 Å². The molecule has 1 aliphatic carbocycles. The molecule has 0 aromatic heterocycles. The van der Waals surface area contributed by atoms with Crippen LogP contribution in [-0.4, -0.2) is 41.8 Å². The van der Waals surface area contributed by atoms with Crippen molar-refractivity contribution < 1.29 is 9.84 Å². The molecule has 1 saturated heterocycles. The third kappa shape index (κ3) is 7.10. The minimum absolute atomic E-state index is 0. The van der Waals surface area contributed by atoms with Crippen LogP contribution in [0.2, 0.25) is 0 Å². The summed E-state index contributed by atoms with van der Waals surface area (Å²) in [4.78, 5) is 2.56. The zero-order chi connectivity index (χ0) is 20.8. The number of likely N-dealkylation sites (N-methyl/N-ethyl adjacent to an activating group) is 1. The largest absolute Gasteiger partial charge is 0.489 e. The number of nitrogens with zero attached hydrogens (tertiary/aromatic N) is 1. The maximum atomic E-state index is 11.3. The van der Waals surface area contributed by atoms with Crippen LogP contribution in [0.5, 0.6) is 5.75 Å². The van der Waals surface area contributed by atoms with Crippen molar-refractivity contribution in [3.8, 4) is 5.75 Å². The van der Waals surface area contributed by atoms with E-state index in [4.69, 9.17) is 4.74 Å². The zero-order valence-electron chi connectivity index (χ0n) is 19.0. The molecular weight excluding hydrogens is 443 g/mol. The number of halogens is 2. The van der Waals surface area contributed by atoms with Gasteiger partial charge in [-0.05, 0) is 56.0 Å². The molecule has 2 atom stereocenters. The molecule has 0 radical (unpaired) electrons. The molecular formula is C26H38Cl2N2O2. The first kappa shape index (κ1) is 26.9. The fourth-order valence-corrected chi connectivity index (χ4v) is 5.06. The Morgan fingerprint density at radius 3 is 2.34 bits per heavy atom. The second-order valence-corrected chi connectivity index (χ2v) is 9.12. The van der Waals surface area contributed by atoms with Gasteiger partial charge in [-0.3, -0.25) is 4.90 Å². The number of benzene rings is 2. The molecule has 32 heavy (non-hydrogen) atoms. The van der Waals surface area contributed by atoms with Crippen LogP contribution in [-0.2, 0) is 6.61 Å². The van der Waals surface area contributed by atoms with E-state index >= 15 is 0 Å². The van der Waals surface area contributed by atoms with Gasteiger partial charge in [0, 0.05) is 25.2 Å². The van der Waals surface area contributed by atoms with Crippen LogP contribution in [0.1, 0.15) is 62.1 Å². The highest BCUT2D eigenvalue weighted by Gasteiger charge is 2.37. The molecule has 2 fully saturated rings. The van der Waals surface area contributed by atoms with E-state index in [0.29, 0.717) is 12.6 Å². The second-order valence-electron chi connectivity index (χ2n) is 9.12. The molecule has 2 N–H and O–H groups in total. The van der Waals surface area contributed by atoms with Crippen LogP contribution in [0.3, 0.4) is 0 Å². The smallest absolute Gasteiger partial charge is 0.119 e. The average Bonchev–Trinajstić information content (AvgIpc) is 3.27. The molecule has 2 aliphatic rings. The maximum Gasteiger partial charge on any atom is 0.119 e. The predicted octanol–water partition coefficient (Wildman–Crippen LogP) is 5.53. The topological polar surface area (TPSA) is 44.7 Å². The van der Waals surface area contributed by atoms with E-state index < -0.39 is 5.60 Å². The number of aliphatic hydroxyl groups is 1. The molecule has 178 valence electrons. The van der Waals surface area contributed by atoms with E-state index in [9.17, 15) is 5.11 Å². The minimum atomic E-state index is -0.525. The molecule has 1 saturated carbocycles. The van der Waals surface area contributed by atoms with E-state index in [0.717, 1.165) is 50.9 Å². The highest BCUT2D eigenvalue weighted by atomic mass is 35.5. The summed E-state index contributed by atoms with van der Waals surface area (Å²) in [6.07, 6.45) is 7.42. The summed E-state index contributed by atoms with van der Waals surface area (Å²) in [5.41, 5.74) is 1.94. The number of hydrogen-bond donors (Lipinski definition) is 2. The van der Waals surface area contributed by atoms with E-state index in [1.165, 1.54) is 24.0 Å². The number of likely N-dealkylation sites (tertiary alicyclic amines) is 1. The third-order valence-electron chi connectivity index (χ3n) is 6.94. The molecule has 0 spiro atoms.